The zero-order valence-corrected chi connectivity index (χ0v) is 14.7. The first kappa shape index (κ1) is 19.5. The van der Waals surface area contributed by atoms with Gasteiger partial charge in [-0.3, -0.25) is 24.1 Å². The van der Waals surface area contributed by atoms with Crippen molar-refractivity contribution in [3.8, 4) is 0 Å². The maximum atomic E-state index is 11.9. The molecule has 1 aliphatic rings. The van der Waals surface area contributed by atoms with Crippen LogP contribution in [-0.4, -0.2) is 51.4 Å². The van der Waals surface area contributed by atoms with Crippen LogP contribution < -0.4 is 5.32 Å². The van der Waals surface area contributed by atoms with Crippen LogP contribution in [-0.2, 0) is 19.2 Å². The minimum Gasteiger partial charge on any atom is -0.349 e. The fourth-order valence-electron chi connectivity index (χ4n) is 1.82. The second kappa shape index (κ2) is 9.57. The van der Waals surface area contributed by atoms with E-state index in [1.165, 1.54) is 16.7 Å². The average molecular weight is 356 g/mol. The van der Waals surface area contributed by atoms with Gasteiger partial charge in [-0.05, 0) is 12.5 Å². The van der Waals surface area contributed by atoms with Crippen molar-refractivity contribution in [3.05, 3.63) is 12.2 Å². The molecule has 1 rings (SSSR count). The summed E-state index contributed by atoms with van der Waals surface area (Å²) in [6.07, 6.45) is 0.256. The number of thioether (sulfide) groups is 1. The lowest BCUT2D eigenvalue weighted by molar-refractivity contribution is -0.130. The van der Waals surface area contributed by atoms with Crippen LogP contribution in [0.5, 0.6) is 0 Å². The van der Waals surface area contributed by atoms with Crippen molar-refractivity contribution in [2.45, 2.75) is 32.6 Å². The number of ketones is 2. The SMILES string of the molecule is C=C(C)C(=O)CCC(=O)NCC(=O)CCC(=O)N1CCSC1=S. The second-order valence-electron chi connectivity index (χ2n) is 5.18. The third-order valence-corrected chi connectivity index (χ3v) is 4.65. The summed E-state index contributed by atoms with van der Waals surface area (Å²) in [5.74, 6) is -0.132. The lowest BCUT2D eigenvalue weighted by atomic mass is 10.1. The highest BCUT2D eigenvalue weighted by Gasteiger charge is 2.24. The van der Waals surface area contributed by atoms with Gasteiger partial charge >= 0.3 is 0 Å². The van der Waals surface area contributed by atoms with Gasteiger partial charge in [0.1, 0.15) is 4.32 Å². The Hall–Kier alpha value is -1.54. The Balaban J connectivity index is 2.20. The second-order valence-corrected chi connectivity index (χ2v) is 6.91. The van der Waals surface area contributed by atoms with E-state index in [0.717, 1.165) is 5.75 Å². The number of rotatable bonds is 9. The van der Waals surface area contributed by atoms with Gasteiger partial charge in [0.15, 0.2) is 11.6 Å². The fourth-order valence-corrected chi connectivity index (χ4v) is 3.06. The quantitative estimate of drug-likeness (QED) is 0.494. The van der Waals surface area contributed by atoms with Crippen LogP contribution in [0.4, 0.5) is 0 Å². The number of Topliss-reactive ketones (excluding diaryl/α,β-unsaturated/α-hetero) is 2. The van der Waals surface area contributed by atoms with Crippen LogP contribution in [0.1, 0.15) is 32.6 Å². The Morgan fingerprint density at radius 1 is 1.22 bits per heavy atom. The summed E-state index contributed by atoms with van der Waals surface area (Å²) in [6.45, 7) is 5.55. The van der Waals surface area contributed by atoms with Gasteiger partial charge in [-0.2, -0.15) is 0 Å². The molecule has 1 saturated heterocycles. The highest BCUT2D eigenvalue weighted by atomic mass is 32.2. The number of allylic oxidation sites excluding steroid dienone is 1. The number of thiocarbonyl (C=S) groups is 1. The molecular formula is C15H20N2O4S2. The average Bonchev–Trinajstić information content (AvgIpc) is 2.94. The minimum atomic E-state index is -0.364. The summed E-state index contributed by atoms with van der Waals surface area (Å²) >= 11 is 6.50. The Kier molecular flexibility index (Phi) is 8.11. The van der Waals surface area contributed by atoms with E-state index in [9.17, 15) is 19.2 Å². The number of carbonyl (C=O) groups is 4. The number of nitrogens with one attached hydrogen (secondary N) is 1. The Morgan fingerprint density at radius 2 is 1.91 bits per heavy atom. The van der Waals surface area contributed by atoms with Crippen LogP contribution >= 0.6 is 24.0 Å². The molecular weight excluding hydrogens is 336 g/mol. The predicted octanol–water partition coefficient (Wildman–Crippen LogP) is 1.24. The maximum Gasteiger partial charge on any atom is 0.228 e. The zero-order valence-electron chi connectivity index (χ0n) is 13.1. The Morgan fingerprint density at radius 3 is 2.48 bits per heavy atom. The summed E-state index contributed by atoms with van der Waals surface area (Å²) < 4.78 is 0.554. The predicted molar refractivity (Wildman–Crippen MR) is 93.1 cm³/mol. The smallest absolute Gasteiger partial charge is 0.228 e. The first-order chi connectivity index (χ1) is 10.8. The molecule has 126 valence electrons. The highest BCUT2D eigenvalue weighted by Crippen LogP contribution is 2.18. The van der Waals surface area contributed by atoms with Crippen molar-refractivity contribution >= 4 is 51.7 Å². The van der Waals surface area contributed by atoms with Gasteiger partial charge in [0.25, 0.3) is 0 Å². The van der Waals surface area contributed by atoms with E-state index in [4.69, 9.17) is 12.2 Å². The molecule has 8 heteroatoms. The number of amides is 2. The molecule has 1 aliphatic heterocycles. The van der Waals surface area contributed by atoms with Gasteiger partial charge in [0.2, 0.25) is 11.8 Å². The van der Waals surface area contributed by atoms with Crippen LogP contribution in [0.3, 0.4) is 0 Å². The van der Waals surface area contributed by atoms with Crippen molar-refractivity contribution in [1.29, 1.82) is 0 Å². The summed E-state index contributed by atoms with van der Waals surface area (Å²) in [7, 11) is 0. The highest BCUT2D eigenvalue weighted by molar-refractivity contribution is 8.23. The molecule has 6 nitrogen and oxygen atoms in total. The van der Waals surface area contributed by atoms with E-state index in [-0.39, 0.29) is 55.6 Å². The van der Waals surface area contributed by atoms with Crippen molar-refractivity contribution < 1.29 is 19.2 Å². The summed E-state index contributed by atoms with van der Waals surface area (Å²) in [5.41, 5.74) is 0.408. The molecule has 0 radical (unpaired) electrons. The topological polar surface area (TPSA) is 83.5 Å². The fraction of sp³-hybridized carbons (Fsp3) is 0.533. The first-order valence-electron chi connectivity index (χ1n) is 7.25. The maximum absolute atomic E-state index is 11.9. The summed E-state index contributed by atoms with van der Waals surface area (Å²) in [5, 5.41) is 2.45. The van der Waals surface area contributed by atoms with Crippen molar-refractivity contribution in [1.82, 2.24) is 10.2 Å². The number of carbonyl (C=O) groups excluding carboxylic acids is 4. The van der Waals surface area contributed by atoms with E-state index < -0.39 is 0 Å². The Bertz CT molecular complexity index is 546. The molecule has 1 fully saturated rings. The molecule has 0 aromatic heterocycles. The normalized spacial score (nSPS) is 13.8. The van der Waals surface area contributed by atoms with E-state index in [2.05, 4.69) is 11.9 Å². The number of hydrogen-bond donors (Lipinski definition) is 1. The van der Waals surface area contributed by atoms with Crippen LogP contribution in [0.15, 0.2) is 12.2 Å². The zero-order chi connectivity index (χ0) is 17.4. The molecule has 0 aliphatic carbocycles. The molecule has 0 unspecified atom stereocenters. The molecule has 0 saturated carbocycles. The van der Waals surface area contributed by atoms with E-state index in [1.807, 2.05) is 0 Å². The third-order valence-electron chi connectivity index (χ3n) is 3.22. The largest absolute Gasteiger partial charge is 0.349 e. The van der Waals surface area contributed by atoms with Gasteiger partial charge < -0.3 is 5.32 Å². The lowest BCUT2D eigenvalue weighted by Crippen LogP contribution is -2.33. The number of hydrogen-bond acceptors (Lipinski definition) is 6. The van der Waals surface area contributed by atoms with Gasteiger partial charge in [-0.1, -0.05) is 30.6 Å². The molecule has 0 atom stereocenters. The Labute approximate surface area is 145 Å². The van der Waals surface area contributed by atoms with Gasteiger partial charge in [0, 0.05) is 38.0 Å². The minimum absolute atomic E-state index is 0.0250. The van der Waals surface area contributed by atoms with E-state index in [0.29, 0.717) is 16.4 Å². The molecule has 0 spiro atoms. The molecule has 1 N–H and O–H groups in total. The van der Waals surface area contributed by atoms with Crippen molar-refractivity contribution in [3.63, 3.8) is 0 Å². The lowest BCUT2D eigenvalue weighted by Gasteiger charge is -2.14. The summed E-state index contributed by atoms with van der Waals surface area (Å²) in [4.78, 5) is 47.9. The van der Waals surface area contributed by atoms with Crippen molar-refractivity contribution in [2.75, 3.05) is 18.8 Å². The molecule has 2 amide bonds. The van der Waals surface area contributed by atoms with E-state index in [1.54, 1.807) is 6.92 Å². The molecule has 23 heavy (non-hydrogen) atoms. The van der Waals surface area contributed by atoms with E-state index >= 15 is 0 Å². The monoisotopic (exact) mass is 356 g/mol. The van der Waals surface area contributed by atoms with Crippen LogP contribution in [0.25, 0.3) is 0 Å². The summed E-state index contributed by atoms with van der Waals surface area (Å²) in [6, 6.07) is 0. The van der Waals surface area contributed by atoms with Crippen LogP contribution in [0, 0.1) is 0 Å². The van der Waals surface area contributed by atoms with Gasteiger partial charge in [-0.15, -0.1) is 0 Å². The number of nitrogens with zero attached hydrogens (tertiary/aromatic N) is 1. The molecule has 0 aromatic rings. The van der Waals surface area contributed by atoms with Crippen LogP contribution in [0.2, 0.25) is 0 Å². The third kappa shape index (κ3) is 7.04. The van der Waals surface area contributed by atoms with Gasteiger partial charge in [0.05, 0.1) is 6.54 Å². The standard InChI is InChI=1S/C15H20N2O4S2/c1-10(2)12(19)4-5-13(20)16-9-11(18)3-6-14(21)17-7-8-23-15(17)22/h1,3-9H2,2H3,(H,16,20). The first-order valence-corrected chi connectivity index (χ1v) is 8.65. The molecule has 0 bridgehead atoms. The molecule has 1 heterocycles. The molecule has 0 aromatic carbocycles. The van der Waals surface area contributed by atoms with Gasteiger partial charge in [-0.25, -0.2) is 0 Å². The van der Waals surface area contributed by atoms with Crippen molar-refractivity contribution in [2.24, 2.45) is 0 Å².